The molecule has 2 saturated heterocycles. The van der Waals surface area contributed by atoms with Gasteiger partial charge in [0.15, 0.2) is 0 Å². The molecule has 0 spiro atoms. The molecule has 2 aliphatic heterocycles. The second-order valence-electron chi connectivity index (χ2n) is 2.66. The zero-order valence-electron chi connectivity index (χ0n) is 6.32. The van der Waals surface area contributed by atoms with Gasteiger partial charge in [0.25, 0.3) is 0 Å². The zero-order chi connectivity index (χ0) is 7.52. The molecule has 2 atom stereocenters. The third-order valence-electron chi connectivity index (χ3n) is 1.66. The van der Waals surface area contributed by atoms with Gasteiger partial charge in [-0.1, -0.05) is 0 Å². The number of hydrogen-bond acceptors (Lipinski definition) is 2. The molecule has 0 aliphatic carbocycles. The van der Waals surface area contributed by atoms with Crippen molar-refractivity contribution >= 4 is 53.4 Å². The van der Waals surface area contributed by atoms with E-state index in [2.05, 4.69) is 23.5 Å². The van der Waals surface area contributed by atoms with E-state index in [0.29, 0.717) is 0 Å². The van der Waals surface area contributed by atoms with Gasteiger partial charge in [-0.05, 0) is 0 Å². The molecule has 64 valence electrons. The van der Waals surface area contributed by atoms with Crippen molar-refractivity contribution in [1.82, 2.24) is 0 Å². The molecule has 2 aliphatic rings. The average Bonchev–Trinajstić information content (AvgIpc) is 2.86. The van der Waals surface area contributed by atoms with E-state index in [1.165, 1.54) is 11.5 Å². The van der Waals surface area contributed by atoms with Crippen molar-refractivity contribution in [3.63, 3.8) is 0 Å². The van der Waals surface area contributed by atoms with E-state index in [0.717, 1.165) is 39.3 Å². The van der Waals surface area contributed by atoms with Crippen LogP contribution in [0, 0.1) is 0 Å². The standard InChI is InChI=1S/C7H12S2Se2/c1-2-11-7(5-10-1)9-4-6-3-8-6/h6-7H,1-5H2. The van der Waals surface area contributed by atoms with Gasteiger partial charge in [-0.25, -0.2) is 0 Å². The second-order valence-corrected chi connectivity index (χ2v) is 11.1. The van der Waals surface area contributed by atoms with Crippen LogP contribution >= 0.6 is 23.5 Å². The summed E-state index contributed by atoms with van der Waals surface area (Å²) in [6.07, 6.45) is 0. The summed E-state index contributed by atoms with van der Waals surface area (Å²) in [5, 5.41) is 5.82. The van der Waals surface area contributed by atoms with Gasteiger partial charge < -0.3 is 0 Å². The van der Waals surface area contributed by atoms with Crippen LogP contribution in [0.3, 0.4) is 0 Å². The molecule has 0 radical (unpaired) electrons. The number of rotatable bonds is 3. The third kappa shape index (κ3) is 3.54. The monoisotopic (exact) mass is 320 g/mol. The van der Waals surface area contributed by atoms with Crippen molar-refractivity contribution < 1.29 is 0 Å². The van der Waals surface area contributed by atoms with Gasteiger partial charge in [-0.3, -0.25) is 0 Å². The molecule has 0 bridgehead atoms. The average molecular weight is 318 g/mol. The Balaban J connectivity index is 1.59. The van der Waals surface area contributed by atoms with E-state index in [1.54, 1.807) is 16.0 Å². The summed E-state index contributed by atoms with van der Waals surface area (Å²) < 4.78 is 1.12. The first-order chi connectivity index (χ1) is 5.45. The van der Waals surface area contributed by atoms with Crippen molar-refractivity contribution in [3.05, 3.63) is 0 Å². The van der Waals surface area contributed by atoms with E-state index in [4.69, 9.17) is 0 Å². The van der Waals surface area contributed by atoms with Gasteiger partial charge in [0.05, 0.1) is 0 Å². The fourth-order valence-electron chi connectivity index (χ4n) is 0.941. The van der Waals surface area contributed by atoms with E-state index < -0.39 is 0 Å². The van der Waals surface area contributed by atoms with E-state index in [1.807, 2.05) is 0 Å². The van der Waals surface area contributed by atoms with Crippen LogP contribution in [0.5, 0.6) is 0 Å². The van der Waals surface area contributed by atoms with Crippen LogP contribution in [0.4, 0.5) is 0 Å². The summed E-state index contributed by atoms with van der Waals surface area (Å²) in [6.45, 7) is 0. The van der Waals surface area contributed by atoms with Crippen molar-refractivity contribution in [2.45, 2.75) is 25.4 Å². The molecule has 4 heteroatoms. The topological polar surface area (TPSA) is 0 Å². The Morgan fingerprint density at radius 3 is 3.00 bits per heavy atom. The second kappa shape index (κ2) is 4.83. The summed E-state index contributed by atoms with van der Waals surface area (Å²) in [5.74, 6) is 2.92. The molecule has 2 heterocycles. The van der Waals surface area contributed by atoms with Crippen LogP contribution in [0.2, 0.25) is 16.0 Å². The predicted molar refractivity (Wildman–Crippen MR) is 58.4 cm³/mol. The molecule has 0 aromatic heterocycles. The summed E-state index contributed by atoms with van der Waals surface area (Å²) in [6, 6.07) is 0. The summed E-state index contributed by atoms with van der Waals surface area (Å²) >= 11 is 6.46. The van der Waals surface area contributed by atoms with Crippen molar-refractivity contribution in [2.75, 3.05) is 11.5 Å². The van der Waals surface area contributed by atoms with Gasteiger partial charge in [-0.2, -0.15) is 0 Å². The molecule has 2 fully saturated rings. The fourth-order valence-corrected chi connectivity index (χ4v) is 11.8. The molecule has 0 saturated carbocycles. The van der Waals surface area contributed by atoms with Gasteiger partial charge in [0, 0.05) is 0 Å². The molecular formula is C7H12S2Se2. The van der Waals surface area contributed by atoms with Crippen molar-refractivity contribution in [1.29, 1.82) is 0 Å². The first kappa shape index (κ1) is 9.30. The molecule has 0 nitrogen and oxygen atoms in total. The SMILES string of the molecule is C1C[Se]C(SCC2CS2)C[Se]1. The van der Waals surface area contributed by atoms with Gasteiger partial charge in [0.1, 0.15) is 0 Å². The predicted octanol–water partition coefficient (Wildman–Crippen LogP) is 1.84. The summed E-state index contributed by atoms with van der Waals surface area (Å²) in [4.78, 5) is 0. The number of thioether (sulfide) groups is 2. The Morgan fingerprint density at radius 1 is 1.45 bits per heavy atom. The van der Waals surface area contributed by atoms with Crippen LogP contribution in [0.25, 0.3) is 0 Å². The normalized spacial score (nSPS) is 37.1. The Labute approximate surface area is 89.7 Å². The first-order valence-corrected chi connectivity index (χ1v) is 10.6. The molecule has 11 heavy (non-hydrogen) atoms. The van der Waals surface area contributed by atoms with Crippen molar-refractivity contribution in [3.8, 4) is 0 Å². The van der Waals surface area contributed by atoms with Gasteiger partial charge in [-0.15, -0.1) is 0 Å². The molecule has 0 N–H and O–H groups in total. The molecule has 0 amide bonds. The van der Waals surface area contributed by atoms with Crippen LogP contribution in [-0.2, 0) is 0 Å². The minimum absolute atomic E-state index is 1.00. The molecule has 2 unspecified atom stereocenters. The zero-order valence-corrected chi connectivity index (χ0v) is 11.4. The number of hydrogen-bond donors (Lipinski definition) is 0. The van der Waals surface area contributed by atoms with E-state index in [9.17, 15) is 0 Å². The molecule has 0 aromatic carbocycles. The van der Waals surface area contributed by atoms with Crippen LogP contribution in [-0.4, -0.2) is 50.8 Å². The van der Waals surface area contributed by atoms with Gasteiger partial charge >= 0.3 is 90.3 Å². The third-order valence-corrected chi connectivity index (χ3v) is 12.7. The van der Waals surface area contributed by atoms with Crippen LogP contribution < -0.4 is 0 Å². The molecule has 2 rings (SSSR count). The van der Waals surface area contributed by atoms with E-state index in [-0.39, 0.29) is 0 Å². The molecular weight excluding hydrogens is 306 g/mol. The Bertz CT molecular complexity index is 122. The summed E-state index contributed by atoms with van der Waals surface area (Å²) in [7, 11) is 0. The Kier molecular flexibility index (Phi) is 4.08. The van der Waals surface area contributed by atoms with Gasteiger partial charge in [0.2, 0.25) is 0 Å². The Hall–Kier alpha value is 1.74. The maximum absolute atomic E-state index is 2.29. The van der Waals surface area contributed by atoms with Crippen LogP contribution in [0.1, 0.15) is 0 Å². The molecule has 0 aromatic rings. The maximum atomic E-state index is 2.29. The van der Waals surface area contributed by atoms with Crippen LogP contribution in [0.15, 0.2) is 0 Å². The fraction of sp³-hybridized carbons (Fsp3) is 1.00. The van der Waals surface area contributed by atoms with Crippen molar-refractivity contribution in [2.24, 2.45) is 0 Å². The summed E-state index contributed by atoms with van der Waals surface area (Å²) in [5.41, 5.74) is 0. The Morgan fingerprint density at radius 2 is 2.36 bits per heavy atom. The quantitative estimate of drug-likeness (QED) is 0.575. The minimum atomic E-state index is 1.00. The first-order valence-electron chi connectivity index (χ1n) is 3.88. The van der Waals surface area contributed by atoms with E-state index >= 15 is 0 Å².